The van der Waals surface area contributed by atoms with Crippen molar-refractivity contribution in [2.45, 2.75) is 25.4 Å². The zero-order valence-electron chi connectivity index (χ0n) is 15.0. The summed E-state index contributed by atoms with van der Waals surface area (Å²) in [5, 5.41) is 0.564. The molecule has 0 aliphatic carbocycles. The van der Waals surface area contributed by atoms with E-state index in [1.165, 1.54) is 0 Å². The van der Waals surface area contributed by atoms with Crippen LogP contribution in [0.4, 0.5) is 0 Å². The highest BCUT2D eigenvalue weighted by Crippen LogP contribution is 2.25. The lowest BCUT2D eigenvalue weighted by Crippen LogP contribution is -2.21. The number of benzene rings is 2. The predicted octanol–water partition coefficient (Wildman–Crippen LogP) is 4.32. The first-order valence-corrected chi connectivity index (χ1v) is 9.17. The summed E-state index contributed by atoms with van der Waals surface area (Å²) < 4.78 is 11.9. The number of fused-ring (bicyclic) bond motifs is 1. The molecule has 1 aliphatic heterocycles. The molecule has 1 aliphatic rings. The van der Waals surface area contributed by atoms with Crippen LogP contribution in [-0.4, -0.2) is 31.1 Å². The smallest absolute Gasteiger partial charge is 0.200 e. The van der Waals surface area contributed by atoms with Crippen LogP contribution in [0.3, 0.4) is 0 Å². The summed E-state index contributed by atoms with van der Waals surface area (Å²) in [6.07, 6.45) is 4.92. The zero-order valence-corrected chi connectivity index (χ0v) is 15.0. The van der Waals surface area contributed by atoms with Gasteiger partial charge in [0.1, 0.15) is 17.6 Å². The molecule has 0 saturated carbocycles. The first-order valence-electron chi connectivity index (χ1n) is 9.17. The molecule has 0 N–H and O–H groups in total. The second-order valence-electron chi connectivity index (χ2n) is 6.98. The number of likely N-dealkylation sites (tertiary alicyclic amines) is 1. The molecule has 0 radical (unpaired) electrons. The fourth-order valence-corrected chi connectivity index (χ4v) is 3.52. The van der Waals surface area contributed by atoms with Crippen molar-refractivity contribution in [2.75, 3.05) is 20.1 Å². The first-order chi connectivity index (χ1) is 12.7. The summed E-state index contributed by atoms with van der Waals surface area (Å²) in [6.45, 7) is 2.15. The van der Waals surface area contributed by atoms with Crippen molar-refractivity contribution in [3.05, 3.63) is 65.0 Å². The average molecular weight is 349 g/mol. The van der Waals surface area contributed by atoms with Crippen molar-refractivity contribution in [1.82, 2.24) is 4.90 Å². The fraction of sp³-hybridized carbons (Fsp3) is 0.318. The van der Waals surface area contributed by atoms with Gasteiger partial charge in [-0.1, -0.05) is 30.3 Å². The number of nitrogens with zero attached hydrogens (tertiary/aromatic N) is 1. The first kappa shape index (κ1) is 16.9. The Kier molecular flexibility index (Phi) is 4.76. The largest absolute Gasteiger partial charge is 0.490 e. The van der Waals surface area contributed by atoms with E-state index >= 15 is 0 Å². The third kappa shape index (κ3) is 3.51. The summed E-state index contributed by atoms with van der Waals surface area (Å²) in [6, 6.07) is 15.1. The standard InChI is InChI=1S/C22H23NO3/c1-23-12-5-8-17(11-13-23)26-18-9-10-21-19(14-18)22(24)20(15-25-21)16-6-3-2-4-7-16/h2-4,6-7,9-10,14-15,17H,5,8,11-13H2,1H3. The van der Waals surface area contributed by atoms with Crippen LogP contribution in [0, 0.1) is 0 Å². The molecule has 1 saturated heterocycles. The molecule has 1 atom stereocenters. The van der Waals surface area contributed by atoms with Crippen molar-refractivity contribution in [1.29, 1.82) is 0 Å². The molecule has 134 valence electrons. The maximum atomic E-state index is 12.9. The SMILES string of the molecule is CN1CCCC(Oc2ccc3occ(-c4ccccc4)c(=O)c3c2)CC1. The van der Waals surface area contributed by atoms with Gasteiger partial charge >= 0.3 is 0 Å². The van der Waals surface area contributed by atoms with Crippen LogP contribution >= 0.6 is 0 Å². The van der Waals surface area contributed by atoms with E-state index < -0.39 is 0 Å². The van der Waals surface area contributed by atoms with Crippen molar-refractivity contribution in [3.63, 3.8) is 0 Å². The molecule has 2 aromatic carbocycles. The van der Waals surface area contributed by atoms with Crippen molar-refractivity contribution >= 4 is 11.0 Å². The maximum Gasteiger partial charge on any atom is 0.200 e. The van der Waals surface area contributed by atoms with E-state index in [0.29, 0.717) is 16.5 Å². The molecule has 4 heteroatoms. The van der Waals surface area contributed by atoms with E-state index in [2.05, 4.69) is 11.9 Å². The molecule has 1 unspecified atom stereocenters. The molecule has 0 bridgehead atoms. The molecule has 4 rings (SSSR count). The van der Waals surface area contributed by atoms with Gasteiger partial charge < -0.3 is 14.1 Å². The third-order valence-electron chi connectivity index (χ3n) is 5.03. The molecule has 0 amide bonds. The number of ether oxygens (including phenoxy) is 1. The highest BCUT2D eigenvalue weighted by atomic mass is 16.5. The lowest BCUT2D eigenvalue weighted by molar-refractivity contribution is 0.183. The van der Waals surface area contributed by atoms with E-state index in [4.69, 9.17) is 9.15 Å². The van der Waals surface area contributed by atoms with Crippen LogP contribution in [0.25, 0.3) is 22.1 Å². The second-order valence-corrected chi connectivity index (χ2v) is 6.98. The topological polar surface area (TPSA) is 42.7 Å². The van der Waals surface area contributed by atoms with E-state index in [-0.39, 0.29) is 11.5 Å². The van der Waals surface area contributed by atoms with Gasteiger partial charge in [-0.3, -0.25) is 4.79 Å². The van der Waals surface area contributed by atoms with Crippen LogP contribution in [0.15, 0.2) is 64.0 Å². The highest BCUT2D eigenvalue weighted by Gasteiger charge is 2.17. The van der Waals surface area contributed by atoms with Gasteiger partial charge in [0.05, 0.1) is 17.1 Å². The van der Waals surface area contributed by atoms with Crippen molar-refractivity contribution in [2.24, 2.45) is 0 Å². The minimum atomic E-state index is -0.0245. The summed E-state index contributed by atoms with van der Waals surface area (Å²) >= 11 is 0. The van der Waals surface area contributed by atoms with Crippen LogP contribution in [0.1, 0.15) is 19.3 Å². The quantitative estimate of drug-likeness (QED) is 0.706. The summed E-state index contributed by atoms with van der Waals surface area (Å²) in [4.78, 5) is 15.3. The van der Waals surface area contributed by atoms with Crippen molar-refractivity contribution in [3.8, 4) is 16.9 Å². The van der Waals surface area contributed by atoms with Gasteiger partial charge in [-0.2, -0.15) is 0 Å². The minimum absolute atomic E-state index is 0.0245. The van der Waals surface area contributed by atoms with Crippen LogP contribution in [0.5, 0.6) is 5.75 Å². The van der Waals surface area contributed by atoms with E-state index in [1.807, 2.05) is 48.5 Å². The highest BCUT2D eigenvalue weighted by molar-refractivity contribution is 5.82. The van der Waals surface area contributed by atoms with Crippen LogP contribution < -0.4 is 10.2 Å². The molecule has 1 aromatic heterocycles. The van der Waals surface area contributed by atoms with Crippen LogP contribution in [0.2, 0.25) is 0 Å². The number of hydrogen-bond acceptors (Lipinski definition) is 4. The Bertz CT molecular complexity index is 949. The van der Waals surface area contributed by atoms with Crippen LogP contribution in [-0.2, 0) is 0 Å². The Hall–Kier alpha value is -2.59. The zero-order chi connectivity index (χ0) is 17.9. The molecule has 1 fully saturated rings. The number of rotatable bonds is 3. The predicted molar refractivity (Wildman–Crippen MR) is 104 cm³/mol. The lowest BCUT2D eigenvalue weighted by Gasteiger charge is -2.17. The Morgan fingerprint density at radius 2 is 1.92 bits per heavy atom. The Balaban J connectivity index is 1.65. The molecule has 3 aromatic rings. The molecule has 0 spiro atoms. The van der Waals surface area contributed by atoms with Gasteiger partial charge in [-0.05, 0) is 56.6 Å². The van der Waals surface area contributed by atoms with E-state index in [9.17, 15) is 4.79 Å². The van der Waals surface area contributed by atoms with E-state index in [0.717, 1.165) is 43.7 Å². The normalized spacial score (nSPS) is 18.6. The minimum Gasteiger partial charge on any atom is -0.490 e. The monoisotopic (exact) mass is 349 g/mol. The summed E-state index contributed by atoms with van der Waals surface area (Å²) in [7, 11) is 2.15. The molecular weight excluding hydrogens is 326 g/mol. The lowest BCUT2D eigenvalue weighted by atomic mass is 10.1. The van der Waals surface area contributed by atoms with Crippen molar-refractivity contribution < 1.29 is 9.15 Å². The molecule has 2 heterocycles. The second kappa shape index (κ2) is 7.34. The Morgan fingerprint density at radius 1 is 1.08 bits per heavy atom. The number of hydrogen-bond donors (Lipinski definition) is 0. The van der Waals surface area contributed by atoms with E-state index in [1.54, 1.807) is 6.26 Å². The summed E-state index contributed by atoms with van der Waals surface area (Å²) in [5.74, 6) is 0.740. The van der Waals surface area contributed by atoms with Gasteiger partial charge in [-0.25, -0.2) is 0 Å². The molecule has 4 nitrogen and oxygen atoms in total. The van der Waals surface area contributed by atoms with Gasteiger partial charge in [0.25, 0.3) is 0 Å². The summed E-state index contributed by atoms with van der Waals surface area (Å²) in [5.41, 5.74) is 2.00. The molecule has 26 heavy (non-hydrogen) atoms. The Labute approximate surface area is 153 Å². The average Bonchev–Trinajstić information content (AvgIpc) is 2.87. The van der Waals surface area contributed by atoms with Gasteiger partial charge in [-0.15, -0.1) is 0 Å². The fourth-order valence-electron chi connectivity index (χ4n) is 3.52. The van der Waals surface area contributed by atoms with Gasteiger partial charge in [0, 0.05) is 6.54 Å². The van der Waals surface area contributed by atoms with Gasteiger partial charge in [0.15, 0.2) is 0 Å². The van der Waals surface area contributed by atoms with Gasteiger partial charge in [0.2, 0.25) is 5.43 Å². The molecular formula is C22H23NO3. The maximum absolute atomic E-state index is 12.9. The third-order valence-corrected chi connectivity index (χ3v) is 5.03. The Morgan fingerprint density at radius 3 is 2.77 bits per heavy atom.